The fourth-order valence-electron chi connectivity index (χ4n) is 3.31. The van der Waals surface area contributed by atoms with Crippen molar-refractivity contribution < 1.29 is 14.3 Å². The van der Waals surface area contributed by atoms with Crippen molar-refractivity contribution in [3.63, 3.8) is 0 Å². The number of carbonyl (C=O) groups is 2. The molecule has 0 spiro atoms. The number of benzene rings is 1. The Kier molecular flexibility index (Phi) is 9.27. The van der Waals surface area contributed by atoms with Gasteiger partial charge in [-0.25, -0.2) is 0 Å². The Balaban J connectivity index is 1.79. The van der Waals surface area contributed by atoms with Crippen molar-refractivity contribution in [2.24, 2.45) is 10.9 Å². The molecular formula is C21H33N5O3. The number of methoxy groups -OCH3 is 1. The minimum Gasteiger partial charge on any atom is -0.497 e. The Morgan fingerprint density at radius 1 is 1.17 bits per heavy atom. The number of guanidine groups is 1. The number of rotatable bonds is 8. The van der Waals surface area contributed by atoms with Gasteiger partial charge in [0.2, 0.25) is 5.91 Å². The molecule has 0 aromatic heterocycles. The molecule has 29 heavy (non-hydrogen) atoms. The number of nitrogens with zero attached hydrogens (tertiary/aromatic N) is 2. The van der Waals surface area contributed by atoms with Gasteiger partial charge in [-0.3, -0.25) is 14.6 Å². The predicted octanol–water partition coefficient (Wildman–Crippen LogP) is 1.24. The molecule has 1 heterocycles. The molecule has 1 aliphatic heterocycles. The summed E-state index contributed by atoms with van der Waals surface area (Å²) >= 11 is 0. The van der Waals surface area contributed by atoms with Gasteiger partial charge in [-0.05, 0) is 49.9 Å². The summed E-state index contributed by atoms with van der Waals surface area (Å²) in [7, 11) is 3.28. The van der Waals surface area contributed by atoms with Crippen molar-refractivity contribution in [1.82, 2.24) is 20.9 Å². The van der Waals surface area contributed by atoms with Crippen LogP contribution in [0.25, 0.3) is 0 Å². The van der Waals surface area contributed by atoms with Gasteiger partial charge < -0.3 is 25.6 Å². The van der Waals surface area contributed by atoms with E-state index < -0.39 is 0 Å². The summed E-state index contributed by atoms with van der Waals surface area (Å²) < 4.78 is 5.10. The lowest BCUT2D eigenvalue weighted by molar-refractivity contribution is -0.121. The minimum atomic E-state index is -0.122. The fourth-order valence-corrected chi connectivity index (χ4v) is 3.31. The summed E-state index contributed by atoms with van der Waals surface area (Å²) in [4.78, 5) is 30.6. The van der Waals surface area contributed by atoms with E-state index in [1.54, 1.807) is 38.4 Å². The maximum Gasteiger partial charge on any atom is 0.251 e. The summed E-state index contributed by atoms with van der Waals surface area (Å²) in [5.74, 6) is 2.00. The van der Waals surface area contributed by atoms with Crippen LogP contribution in [-0.4, -0.2) is 69.6 Å². The highest BCUT2D eigenvalue weighted by molar-refractivity contribution is 5.94. The topological polar surface area (TPSA) is 95.1 Å². The molecule has 160 valence electrons. The Hall–Kier alpha value is -2.77. The number of amides is 2. The van der Waals surface area contributed by atoms with Crippen molar-refractivity contribution in [3.05, 3.63) is 29.8 Å². The van der Waals surface area contributed by atoms with Gasteiger partial charge in [-0.15, -0.1) is 0 Å². The van der Waals surface area contributed by atoms with Crippen LogP contribution in [0.1, 0.15) is 36.5 Å². The molecule has 2 amide bonds. The third-order valence-corrected chi connectivity index (χ3v) is 5.01. The van der Waals surface area contributed by atoms with Gasteiger partial charge in [0, 0.05) is 45.2 Å². The summed E-state index contributed by atoms with van der Waals surface area (Å²) in [6, 6.07) is 7.02. The van der Waals surface area contributed by atoms with Crippen molar-refractivity contribution >= 4 is 17.8 Å². The lowest BCUT2D eigenvalue weighted by atomic mass is 9.93. The summed E-state index contributed by atoms with van der Waals surface area (Å²) in [6.45, 7) is 5.56. The Labute approximate surface area is 173 Å². The number of ether oxygens (including phenoxy) is 1. The average molecular weight is 404 g/mol. The zero-order chi connectivity index (χ0) is 21.1. The van der Waals surface area contributed by atoms with Crippen molar-refractivity contribution in [2.45, 2.75) is 26.2 Å². The van der Waals surface area contributed by atoms with E-state index in [1.807, 2.05) is 6.92 Å². The molecule has 0 bridgehead atoms. The van der Waals surface area contributed by atoms with Crippen LogP contribution in [0.15, 0.2) is 29.3 Å². The smallest absolute Gasteiger partial charge is 0.251 e. The molecule has 8 heteroatoms. The SMILES string of the molecule is CCNC(=NCCNC(=O)c1ccc(OC)cc1)N1CCC(CC(=O)NC)CC1. The summed E-state index contributed by atoms with van der Waals surface area (Å²) in [5, 5.41) is 8.91. The lowest BCUT2D eigenvalue weighted by Gasteiger charge is -2.34. The van der Waals surface area contributed by atoms with Crippen molar-refractivity contribution in [2.75, 3.05) is 46.9 Å². The van der Waals surface area contributed by atoms with Crippen LogP contribution in [0.4, 0.5) is 0 Å². The first-order valence-corrected chi connectivity index (χ1v) is 10.2. The minimum absolute atomic E-state index is 0.108. The molecule has 0 saturated carbocycles. The number of nitrogens with one attached hydrogen (secondary N) is 3. The second-order valence-electron chi connectivity index (χ2n) is 7.03. The van der Waals surface area contributed by atoms with E-state index in [0.29, 0.717) is 31.0 Å². The van der Waals surface area contributed by atoms with Gasteiger partial charge in [0.15, 0.2) is 5.96 Å². The van der Waals surface area contributed by atoms with Gasteiger partial charge in [0.1, 0.15) is 5.75 Å². The van der Waals surface area contributed by atoms with Crippen LogP contribution < -0.4 is 20.7 Å². The molecule has 1 saturated heterocycles. The van der Waals surface area contributed by atoms with Crippen LogP contribution in [0.5, 0.6) is 5.75 Å². The van der Waals surface area contributed by atoms with Crippen LogP contribution in [-0.2, 0) is 4.79 Å². The lowest BCUT2D eigenvalue weighted by Crippen LogP contribution is -2.46. The molecule has 1 aromatic rings. The van der Waals surface area contributed by atoms with Gasteiger partial charge in [0.05, 0.1) is 13.7 Å². The number of likely N-dealkylation sites (tertiary alicyclic amines) is 1. The Morgan fingerprint density at radius 2 is 1.86 bits per heavy atom. The van der Waals surface area contributed by atoms with E-state index in [9.17, 15) is 9.59 Å². The number of carbonyl (C=O) groups excluding carboxylic acids is 2. The van der Waals surface area contributed by atoms with E-state index in [2.05, 4.69) is 25.8 Å². The van der Waals surface area contributed by atoms with Gasteiger partial charge >= 0.3 is 0 Å². The molecule has 0 unspecified atom stereocenters. The maximum absolute atomic E-state index is 12.2. The number of hydrogen-bond acceptors (Lipinski definition) is 4. The van der Waals surface area contributed by atoms with E-state index >= 15 is 0 Å². The van der Waals surface area contributed by atoms with Crippen molar-refractivity contribution in [3.8, 4) is 5.75 Å². The molecule has 0 radical (unpaired) electrons. The second-order valence-corrected chi connectivity index (χ2v) is 7.03. The van der Waals surface area contributed by atoms with Gasteiger partial charge in [-0.1, -0.05) is 0 Å². The van der Waals surface area contributed by atoms with Crippen LogP contribution in [0, 0.1) is 5.92 Å². The second kappa shape index (κ2) is 11.9. The van der Waals surface area contributed by atoms with Crippen LogP contribution in [0.2, 0.25) is 0 Å². The highest BCUT2D eigenvalue weighted by atomic mass is 16.5. The molecule has 3 N–H and O–H groups in total. The zero-order valence-electron chi connectivity index (χ0n) is 17.7. The van der Waals surface area contributed by atoms with Gasteiger partial charge in [0.25, 0.3) is 5.91 Å². The molecule has 1 aliphatic rings. The van der Waals surface area contributed by atoms with E-state index in [-0.39, 0.29) is 11.8 Å². The highest BCUT2D eigenvalue weighted by Crippen LogP contribution is 2.20. The molecule has 2 rings (SSSR count). The Bertz CT molecular complexity index is 682. The molecule has 0 atom stereocenters. The normalized spacial score (nSPS) is 15.0. The van der Waals surface area contributed by atoms with Gasteiger partial charge in [-0.2, -0.15) is 0 Å². The quantitative estimate of drug-likeness (QED) is 0.345. The molecular weight excluding hydrogens is 370 g/mol. The standard InChI is InChI=1S/C21H33N5O3/c1-4-23-21(26-13-9-16(10-14-26)15-19(27)22-2)25-12-11-24-20(28)17-5-7-18(29-3)8-6-17/h5-8,16H,4,9-15H2,1-3H3,(H,22,27)(H,23,25)(H,24,28). The average Bonchev–Trinajstić information content (AvgIpc) is 2.76. The third-order valence-electron chi connectivity index (χ3n) is 5.01. The third kappa shape index (κ3) is 7.29. The first kappa shape index (κ1) is 22.5. The van der Waals surface area contributed by atoms with E-state index in [4.69, 9.17) is 4.74 Å². The van der Waals surface area contributed by atoms with Crippen LogP contribution >= 0.6 is 0 Å². The first-order chi connectivity index (χ1) is 14.1. The molecule has 1 aromatic carbocycles. The molecule has 8 nitrogen and oxygen atoms in total. The maximum atomic E-state index is 12.2. The largest absolute Gasteiger partial charge is 0.497 e. The van der Waals surface area contributed by atoms with Crippen LogP contribution in [0.3, 0.4) is 0 Å². The van der Waals surface area contributed by atoms with E-state index in [0.717, 1.165) is 44.2 Å². The number of piperidine rings is 1. The number of aliphatic imine (C=N–C) groups is 1. The highest BCUT2D eigenvalue weighted by Gasteiger charge is 2.23. The fraction of sp³-hybridized carbons (Fsp3) is 0.571. The summed E-state index contributed by atoms with van der Waals surface area (Å²) in [6.07, 6.45) is 2.55. The first-order valence-electron chi connectivity index (χ1n) is 10.2. The monoisotopic (exact) mass is 403 g/mol. The molecule has 1 fully saturated rings. The zero-order valence-corrected chi connectivity index (χ0v) is 17.7. The Morgan fingerprint density at radius 3 is 2.45 bits per heavy atom. The predicted molar refractivity (Wildman–Crippen MR) is 114 cm³/mol. The van der Waals surface area contributed by atoms with E-state index in [1.165, 1.54) is 0 Å². The molecule has 0 aliphatic carbocycles. The van der Waals surface area contributed by atoms with Crippen molar-refractivity contribution in [1.29, 1.82) is 0 Å². The number of hydrogen-bond donors (Lipinski definition) is 3. The summed E-state index contributed by atoms with van der Waals surface area (Å²) in [5.41, 5.74) is 0.597.